The van der Waals surface area contributed by atoms with Gasteiger partial charge in [-0.2, -0.15) is 0 Å². The molecule has 0 unspecified atom stereocenters. The van der Waals surface area contributed by atoms with Crippen LogP contribution in [0.15, 0.2) is 133 Å². The molecule has 0 amide bonds. The molecule has 0 saturated heterocycles. The second-order valence-corrected chi connectivity index (χ2v) is 12.0. The highest BCUT2D eigenvalue weighted by Crippen LogP contribution is 2.49. The molecule has 9 rings (SSSR count). The van der Waals surface area contributed by atoms with Gasteiger partial charge in [0.05, 0.1) is 15.7 Å². The summed E-state index contributed by atoms with van der Waals surface area (Å²) >= 11 is 1.89. The Morgan fingerprint density at radius 1 is 0.439 bits per heavy atom. The normalized spacial score (nSPS) is 12.0. The van der Waals surface area contributed by atoms with E-state index in [2.05, 4.69) is 145 Å². The maximum atomic E-state index is 2.43. The molecule has 0 aliphatic heterocycles. The lowest BCUT2D eigenvalue weighted by molar-refractivity contribution is 1.37. The summed E-state index contributed by atoms with van der Waals surface area (Å²) < 4.78 is 3.76. The number of aromatic nitrogens is 1. The molecule has 0 saturated carbocycles. The number of hydrogen-bond acceptors (Lipinski definition) is 1. The van der Waals surface area contributed by atoms with Gasteiger partial charge in [0.1, 0.15) is 4.83 Å². The molecule has 0 spiro atoms. The maximum absolute atomic E-state index is 2.43. The van der Waals surface area contributed by atoms with Crippen LogP contribution < -0.4 is 0 Å². The molecule has 6 aromatic carbocycles. The average molecular weight is 540 g/mol. The molecule has 0 bridgehead atoms. The van der Waals surface area contributed by atoms with Gasteiger partial charge in [-0.15, -0.1) is 11.3 Å². The van der Waals surface area contributed by atoms with E-state index in [1.54, 1.807) is 0 Å². The zero-order chi connectivity index (χ0) is 27.1. The van der Waals surface area contributed by atoms with Crippen molar-refractivity contribution in [1.29, 1.82) is 0 Å². The van der Waals surface area contributed by atoms with Crippen LogP contribution in [0.4, 0.5) is 0 Å². The molecule has 0 atom stereocenters. The van der Waals surface area contributed by atoms with Crippen LogP contribution in [0.1, 0.15) is 5.56 Å². The Morgan fingerprint density at radius 2 is 0.951 bits per heavy atom. The van der Waals surface area contributed by atoms with Gasteiger partial charge in [0.25, 0.3) is 0 Å². The molecule has 192 valence electrons. The number of hydrogen-bond donors (Lipinski definition) is 0. The molecule has 1 aliphatic carbocycles. The first kappa shape index (κ1) is 22.9. The van der Waals surface area contributed by atoms with Crippen molar-refractivity contribution in [3.63, 3.8) is 0 Å². The zero-order valence-electron chi connectivity index (χ0n) is 22.6. The predicted octanol–water partition coefficient (Wildman–Crippen LogP) is 11.3. The third-order valence-electron chi connectivity index (χ3n) is 8.74. The van der Waals surface area contributed by atoms with E-state index in [0.717, 1.165) is 0 Å². The highest BCUT2D eigenvalue weighted by atomic mass is 32.1. The molecule has 41 heavy (non-hydrogen) atoms. The van der Waals surface area contributed by atoms with Crippen molar-refractivity contribution < 1.29 is 0 Å². The molecule has 0 radical (unpaired) electrons. The van der Waals surface area contributed by atoms with Gasteiger partial charge in [0.2, 0.25) is 0 Å². The van der Waals surface area contributed by atoms with Gasteiger partial charge in [0, 0.05) is 10.9 Å². The minimum Gasteiger partial charge on any atom is -0.300 e. The van der Waals surface area contributed by atoms with E-state index in [4.69, 9.17) is 0 Å². The lowest BCUT2D eigenvalue weighted by Gasteiger charge is -2.23. The fraction of sp³-hybridized carbons (Fsp3) is 0.0256. The molecule has 0 fully saturated rings. The molecular weight excluding hydrogens is 515 g/mol. The number of nitrogens with zero attached hydrogens (tertiary/aromatic N) is 1. The topological polar surface area (TPSA) is 4.41 Å². The number of fused-ring (bicyclic) bond motifs is 13. The Labute approximate surface area is 242 Å². The predicted molar refractivity (Wildman–Crippen MR) is 176 cm³/mol. The molecule has 2 heteroatoms. The van der Waals surface area contributed by atoms with Gasteiger partial charge in [-0.3, -0.25) is 4.40 Å². The van der Waals surface area contributed by atoms with E-state index in [-0.39, 0.29) is 0 Å². The highest BCUT2D eigenvalue weighted by molar-refractivity contribution is 7.24. The summed E-state index contributed by atoms with van der Waals surface area (Å²) in [5.74, 6) is 0. The van der Waals surface area contributed by atoms with E-state index in [1.165, 1.54) is 87.1 Å². The molecule has 8 aromatic rings. The van der Waals surface area contributed by atoms with Crippen LogP contribution in [-0.2, 0) is 0 Å². The summed E-state index contributed by atoms with van der Waals surface area (Å²) in [5, 5.41) is 1.34. The van der Waals surface area contributed by atoms with Crippen LogP contribution in [0.2, 0.25) is 0 Å². The van der Waals surface area contributed by atoms with Crippen LogP contribution in [-0.4, -0.2) is 4.40 Å². The zero-order valence-corrected chi connectivity index (χ0v) is 23.4. The van der Waals surface area contributed by atoms with Gasteiger partial charge in [-0.1, -0.05) is 109 Å². The van der Waals surface area contributed by atoms with Crippen LogP contribution in [0, 0.1) is 6.92 Å². The third-order valence-corrected chi connectivity index (χ3v) is 9.89. The minimum atomic E-state index is 1.25. The van der Waals surface area contributed by atoms with Crippen molar-refractivity contribution in [1.82, 2.24) is 4.40 Å². The van der Waals surface area contributed by atoms with Crippen molar-refractivity contribution in [2.45, 2.75) is 6.92 Å². The first-order valence-electron chi connectivity index (χ1n) is 14.1. The molecule has 2 heterocycles. The van der Waals surface area contributed by atoms with Crippen molar-refractivity contribution in [3.05, 3.63) is 139 Å². The van der Waals surface area contributed by atoms with Crippen LogP contribution >= 0.6 is 11.3 Å². The average Bonchev–Trinajstić information content (AvgIpc) is 3.58. The first-order chi connectivity index (χ1) is 20.3. The fourth-order valence-corrected chi connectivity index (χ4v) is 8.08. The SMILES string of the molecule is Cc1cccc2c1cc1sc3c(-c4ccc5c(c4)-c4ccccc4-c4ccccc4-c4ccccc4-5)cccc3n12. The van der Waals surface area contributed by atoms with Crippen LogP contribution in [0.3, 0.4) is 0 Å². The van der Waals surface area contributed by atoms with Crippen molar-refractivity contribution in [2.24, 2.45) is 0 Å². The summed E-state index contributed by atoms with van der Waals surface area (Å²) in [5.41, 5.74) is 16.7. The Hall–Kier alpha value is -4.92. The summed E-state index contributed by atoms with van der Waals surface area (Å²) in [6.45, 7) is 2.20. The molecule has 1 nitrogen and oxygen atoms in total. The molecule has 0 N–H and O–H groups in total. The quantitative estimate of drug-likeness (QED) is 0.195. The standard InChI is InChI=1S/C39H25NS/c1-24-10-8-18-36-34(24)23-38-40(36)37-19-9-17-26(39(37)41-38)25-20-21-33-31-15-5-4-13-29(31)27-11-2-3-12-28(27)30-14-6-7-16-32(30)35(33)22-25/h2-23H,1H3. The summed E-state index contributed by atoms with van der Waals surface area (Å²) in [7, 11) is 0. The summed E-state index contributed by atoms with van der Waals surface area (Å²) in [6.07, 6.45) is 0. The fourth-order valence-electron chi connectivity index (χ4n) is 6.85. The van der Waals surface area contributed by atoms with Gasteiger partial charge >= 0.3 is 0 Å². The summed E-state index contributed by atoms with van der Waals surface area (Å²) in [4.78, 5) is 1.29. The second kappa shape index (κ2) is 8.54. The van der Waals surface area contributed by atoms with E-state index >= 15 is 0 Å². The van der Waals surface area contributed by atoms with E-state index in [9.17, 15) is 0 Å². The number of aryl methyl sites for hydroxylation is 1. The molecular formula is C39H25NS. The van der Waals surface area contributed by atoms with Crippen LogP contribution in [0.25, 0.3) is 81.6 Å². The Bertz CT molecular complexity index is 2320. The Morgan fingerprint density at radius 3 is 1.59 bits per heavy atom. The largest absolute Gasteiger partial charge is 0.300 e. The first-order valence-corrected chi connectivity index (χ1v) is 14.9. The Kier molecular flexibility index (Phi) is 4.76. The number of benzene rings is 6. The lowest BCUT2D eigenvalue weighted by atomic mass is 9.80. The van der Waals surface area contributed by atoms with Gasteiger partial charge < -0.3 is 0 Å². The Balaban J connectivity index is 1.33. The number of thiazole rings is 1. The van der Waals surface area contributed by atoms with Gasteiger partial charge in [-0.25, -0.2) is 0 Å². The second-order valence-electron chi connectivity index (χ2n) is 11.0. The van der Waals surface area contributed by atoms with Gasteiger partial charge in [0.15, 0.2) is 0 Å². The highest BCUT2D eigenvalue weighted by Gasteiger charge is 2.22. The number of rotatable bonds is 1. The van der Waals surface area contributed by atoms with Gasteiger partial charge in [-0.05, 0) is 86.8 Å². The van der Waals surface area contributed by atoms with E-state index < -0.39 is 0 Å². The van der Waals surface area contributed by atoms with E-state index in [1.807, 2.05) is 11.3 Å². The minimum absolute atomic E-state index is 1.25. The molecule has 2 aromatic heterocycles. The third kappa shape index (κ3) is 3.23. The smallest absolute Gasteiger partial charge is 0.101 e. The van der Waals surface area contributed by atoms with E-state index in [0.29, 0.717) is 0 Å². The lowest BCUT2D eigenvalue weighted by Crippen LogP contribution is -1.97. The monoisotopic (exact) mass is 539 g/mol. The van der Waals surface area contributed by atoms with Crippen LogP contribution in [0.5, 0.6) is 0 Å². The molecule has 1 aliphatic rings. The van der Waals surface area contributed by atoms with Crippen molar-refractivity contribution >= 4 is 37.3 Å². The maximum Gasteiger partial charge on any atom is 0.101 e. The van der Waals surface area contributed by atoms with Crippen molar-refractivity contribution in [3.8, 4) is 55.6 Å². The summed E-state index contributed by atoms with van der Waals surface area (Å²) in [6, 6.07) is 49.4. The van der Waals surface area contributed by atoms with Crippen molar-refractivity contribution in [2.75, 3.05) is 0 Å².